The van der Waals surface area contributed by atoms with E-state index in [0.717, 1.165) is 35.1 Å². The molecule has 0 radical (unpaired) electrons. The molecule has 3 aromatic rings. The molecule has 8 heteroatoms. The number of carbonyl (C=O) groups is 2. The normalized spacial score (nSPS) is 19.1. The van der Waals surface area contributed by atoms with Gasteiger partial charge in [0.25, 0.3) is 5.91 Å². The number of aromatic amines is 1. The molecular formula is C22H23N5O2S. The van der Waals surface area contributed by atoms with E-state index in [4.69, 9.17) is 0 Å². The van der Waals surface area contributed by atoms with Gasteiger partial charge in [0, 0.05) is 30.6 Å². The highest BCUT2D eigenvalue weighted by Crippen LogP contribution is 2.35. The molecule has 2 N–H and O–H groups in total. The molecule has 2 amide bonds. The van der Waals surface area contributed by atoms with Gasteiger partial charge in [0.05, 0.1) is 11.2 Å². The Morgan fingerprint density at radius 3 is 2.87 bits per heavy atom. The van der Waals surface area contributed by atoms with Crippen molar-refractivity contribution in [3.8, 4) is 0 Å². The monoisotopic (exact) mass is 421 g/mol. The highest BCUT2D eigenvalue weighted by atomic mass is 32.1. The SMILES string of the molecule is Cc1ncsc1C(=O)N1CC=C(c2cc(NC(=O)C3CC3)nc3[nH]ccc23)C(C)C1. The van der Waals surface area contributed by atoms with Crippen molar-refractivity contribution in [2.24, 2.45) is 11.8 Å². The highest BCUT2D eigenvalue weighted by molar-refractivity contribution is 7.11. The number of H-pyrrole nitrogens is 1. The Morgan fingerprint density at radius 2 is 2.17 bits per heavy atom. The number of anilines is 1. The number of aromatic nitrogens is 3. The average molecular weight is 422 g/mol. The maximum absolute atomic E-state index is 12.9. The van der Waals surface area contributed by atoms with Crippen LogP contribution in [0.3, 0.4) is 0 Å². The summed E-state index contributed by atoms with van der Waals surface area (Å²) < 4.78 is 0. The molecule has 1 fully saturated rings. The van der Waals surface area contributed by atoms with Crippen LogP contribution in [0.5, 0.6) is 0 Å². The molecule has 0 saturated heterocycles. The van der Waals surface area contributed by atoms with Crippen LogP contribution in [0.15, 0.2) is 29.9 Å². The molecule has 1 saturated carbocycles. The van der Waals surface area contributed by atoms with Gasteiger partial charge in [-0.1, -0.05) is 13.0 Å². The second-order valence-electron chi connectivity index (χ2n) is 8.10. The van der Waals surface area contributed by atoms with Gasteiger partial charge < -0.3 is 15.2 Å². The lowest BCUT2D eigenvalue weighted by Crippen LogP contribution is -2.38. The smallest absolute Gasteiger partial charge is 0.266 e. The Hall–Kier alpha value is -3.00. The van der Waals surface area contributed by atoms with E-state index >= 15 is 0 Å². The van der Waals surface area contributed by atoms with Gasteiger partial charge in [-0.25, -0.2) is 9.97 Å². The number of rotatable bonds is 4. The zero-order valence-electron chi connectivity index (χ0n) is 16.9. The van der Waals surface area contributed by atoms with E-state index < -0.39 is 0 Å². The summed E-state index contributed by atoms with van der Waals surface area (Å²) in [7, 11) is 0. The second-order valence-corrected chi connectivity index (χ2v) is 8.95. The van der Waals surface area contributed by atoms with Crippen LogP contribution in [0.1, 0.15) is 40.7 Å². The topological polar surface area (TPSA) is 91.0 Å². The van der Waals surface area contributed by atoms with E-state index in [9.17, 15) is 9.59 Å². The summed E-state index contributed by atoms with van der Waals surface area (Å²) >= 11 is 1.39. The quantitative estimate of drug-likeness (QED) is 0.669. The molecule has 2 aliphatic rings. The molecule has 3 aromatic heterocycles. The van der Waals surface area contributed by atoms with Crippen LogP contribution in [-0.2, 0) is 4.79 Å². The molecule has 1 unspecified atom stereocenters. The van der Waals surface area contributed by atoms with Gasteiger partial charge in [0.1, 0.15) is 16.3 Å². The summed E-state index contributed by atoms with van der Waals surface area (Å²) in [4.78, 5) is 39.6. The first kappa shape index (κ1) is 19.0. The third-order valence-corrected chi connectivity index (χ3v) is 6.74. The van der Waals surface area contributed by atoms with Gasteiger partial charge in [0.2, 0.25) is 5.91 Å². The average Bonchev–Trinajstić information content (AvgIpc) is 3.33. The number of hydrogen-bond donors (Lipinski definition) is 2. The van der Waals surface area contributed by atoms with Crippen molar-refractivity contribution in [2.75, 3.05) is 18.4 Å². The molecule has 0 bridgehead atoms. The fourth-order valence-electron chi connectivity index (χ4n) is 4.02. The molecule has 1 aliphatic heterocycles. The molecule has 7 nitrogen and oxygen atoms in total. The minimum absolute atomic E-state index is 0.0380. The van der Waals surface area contributed by atoms with E-state index in [-0.39, 0.29) is 23.7 Å². The number of nitrogens with one attached hydrogen (secondary N) is 2. The molecule has 1 aliphatic carbocycles. The standard InChI is InChI=1S/C22H23N5O2S/c1-12-10-27(22(29)19-13(2)24-11-30-19)8-6-15(12)17-9-18(26-21(28)14-3-4-14)25-20-16(17)5-7-23-20/h5-7,9,11-12,14H,3-4,8,10H2,1-2H3,(H2,23,25,26,28). The van der Waals surface area contributed by atoms with Crippen molar-refractivity contribution in [3.05, 3.63) is 46.1 Å². The fourth-order valence-corrected chi connectivity index (χ4v) is 4.79. The van der Waals surface area contributed by atoms with Gasteiger partial charge in [-0.15, -0.1) is 11.3 Å². The van der Waals surface area contributed by atoms with Crippen molar-refractivity contribution in [3.63, 3.8) is 0 Å². The Balaban J connectivity index is 1.45. The molecule has 154 valence electrons. The molecular weight excluding hydrogens is 398 g/mol. The molecule has 30 heavy (non-hydrogen) atoms. The first-order valence-corrected chi connectivity index (χ1v) is 11.1. The minimum Gasteiger partial charge on any atom is -0.346 e. The summed E-state index contributed by atoms with van der Waals surface area (Å²) in [6.45, 7) is 5.19. The number of aryl methyl sites for hydroxylation is 1. The van der Waals surface area contributed by atoms with Crippen LogP contribution >= 0.6 is 11.3 Å². The lowest BCUT2D eigenvalue weighted by Gasteiger charge is -2.31. The highest BCUT2D eigenvalue weighted by Gasteiger charge is 2.31. The summed E-state index contributed by atoms with van der Waals surface area (Å²) in [6, 6.07) is 3.97. The first-order valence-electron chi connectivity index (χ1n) is 10.2. The third kappa shape index (κ3) is 3.41. The van der Waals surface area contributed by atoms with Gasteiger partial charge in [-0.2, -0.15) is 0 Å². The molecule has 0 spiro atoms. The summed E-state index contributed by atoms with van der Waals surface area (Å²) in [5.41, 5.74) is 5.49. The fraction of sp³-hybridized carbons (Fsp3) is 0.364. The van der Waals surface area contributed by atoms with Crippen molar-refractivity contribution in [1.82, 2.24) is 19.9 Å². The number of carbonyl (C=O) groups excluding carboxylic acids is 2. The van der Waals surface area contributed by atoms with Gasteiger partial charge in [-0.3, -0.25) is 9.59 Å². The van der Waals surface area contributed by atoms with Crippen molar-refractivity contribution in [2.45, 2.75) is 26.7 Å². The van der Waals surface area contributed by atoms with Gasteiger partial charge in [0.15, 0.2) is 0 Å². The number of hydrogen-bond acceptors (Lipinski definition) is 5. The Morgan fingerprint density at radius 1 is 1.33 bits per heavy atom. The zero-order chi connectivity index (χ0) is 20.8. The third-order valence-electron chi connectivity index (χ3n) is 5.82. The van der Waals surface area contributed by atoms with E-state index in [1.807, 2.05) is 30.2 Å². The van der Waals surface area contributed by atoms with Crippen LogP contribution in [-0.4, -0.2) is 44.8 Å². The van der Waals surface area contributed by atoms with Crippen LogP contribution in [0.2, 0.25) is 0 Å². The number of thiazole rings is 1. The number of fused-ring (bicyclic) bond motifs is 1. The van der Waals surface area contributed by atoms with Crippen molar-refractivity contribution < 1.29 is 9.59 Å². The van der Waals surface area contributed by atoms with E-state index in [1.54, 1.807) is 5.51 Å². The number of amides is 2. The Labute approximate surface area is 178 Å². The summed E-state index contributed by atoms with van der Waals surface area (Å²) in [5, 5.41) is 3.99. The second kappa shape index (κ2) is 7.36. The lowest BCUT2D eigenvalue weighted by molar-refractivity contribution is -0.117. The van der Waals surface area contributed by atoms with Crippen LogP contribution in [0.25, 0.3) is 16.6 Å². The van der Waals surface area contributed by atoms with Crippen LogP contribution in [0, 0.1) is 18.8 Å². The maximum Gasteiger partial charge on any atom is 0.266 e. The van der Waals surface area contributed by atoms with E-state index in [2.05, 4.69) is 33.3 Å². The first-order chi connectivity index (χ1) is 14.5. The van der Waals surface area contributed by atoms with E-state index in [1.165, 1.54) is 16.9 Å². The van der Waals surface area contributed by atoms with Crippen LogP contribution < -0.4 is 5.32 Å². The zero-order valence-corrected chi connectivity index (χ0v) is 17.8. The Bertz CT molecular complexity index is 1170. The van der Waals surface area contributed by atoms with Gasteiger partial charge >= 0.3 is 0 Å². The predicted molar refractivity (Wildman–Crippen MR) is 117 cm³/mol. The van der Waals surface area contributed by atoms with Gasteiger partial charge in [-0.05, 0) is 49.0 Å². The number of pyridine rings is 1. The summed E-state index contributed by atoms with van der Waals surface area (Å²) in [6.07, 6.45) is 5.89. The molecule has 4 heterocycles. The largest absolute Gasteiger partial charge is 0.346 e. The van der Waals surface area contributed by atoms with Crippen LogP contribution in [0.4, 0.5) is 5.82 Å². The number of nitrogens with zero attached hydrogens (tertiary/aromatic N) is 3. The maximum atomic E-state index is 12.9. The molecule has 0 aromatic carbocycles. The molecule has 5 rings (SSSR count). The van der Waals surface area contributed by atoms with E-state index in [0.29, 0.717) is 23.8 Å². The van der Waals surface area contributed by atoms with Crippen molar-refractivity contribution in [1.29, 1.82) is 0 Å². The predicted octanol–water partition coefficient (Wildman–Crippen LogP) is 3.85. The molecule has 1 atom stereocenters. The summed E-state index contributed by atoms with van der Waals surface area (Å²) in [5.74, 6) is 0.933. The van der Waals surface area contributed by atoms with Crippen molar-refractivity contribution >= 4 is 45.6 Å². The Kier molecular flexibility index (Phi) is 4.66. The lowest BCUT2D eigenvalue weighted by atomic mass is 9.89. The minimum atomic E-state index is 0.0380.